The molecular weight excluding hydrogens is 336 g/mol. The quantitative estimate of drug-likeness (QED) is 0.717. The van der Waals surface area contributed by atoms with Gasteiger partial charge in [-0.15, -0.1) is 0 Å². The van der Waals surface area contributed by atoms with E-state index in [0.29, 0.717) is 17.9 Å². The molecule has 1 aliphatic carbocycles. The van der Waals surface area contributed by atoms with Gasteiger partial charge in [-0.25, -0.2) is 4.98 Å². The number of pyridine rings is 2. The summed E-state index contributed by atoms with van der Waals surface area (Å²) in [5.41, 5.74) is 5.16. The van der Waals surface area contributed by atoms with Crippen LogP contribution in [0.15, 0.2) is 61.1 Å². The third-order valence-corrected chi connectivity index (χ3v) is 4.91. The first-order valence-corrected chi connectivity index (χ1v) is 9.31. The van der Waals surface area contributed by atoms with Gasteiger partial charge in [0.1, 0.15) is 5.82 Å². The maximum atomic E-state index is 12.9. The van der Waals surface area contributed by atoms with E-state index in [1.54, 1.807) is 30.7 Å². The number of benzene rings is 1. The summed E-state index contributed by atoms with van der Waals surface area (Å²) in [6, 6.07) is 13.6. The van der Waals surface area contributed by atoms with E-state index in [0.717, 1.165) is 24.1 Å². The zero-order chi connectivity index (χ0) is 18.5. The van der Waals surface area contributed by atoms with Crippen LogP contribution in [0.5, 0.6) is 0 Å². The summed E-state index contributed by atoms with van der Waals surface area (Å²) >= 11 is 0. The number of carbonyl (C=O) groups excluding carboxylic acids is 1. The molecule has 0 fully saturated rings. The maximum Gasteiger partial charge on any atom is 0.259 e. The highest BCUT2D eigenvalue weighted by Gasteiger charge is 2.17. The number of amides is 1. The van der Waals surface area contributed by atoms with Crippen LogP contribution in [0, 0.1) is 0 Å². The second-order valence-electron chi connectivity index (χ2n) is 6.71. The second kappa shape index (κ2) is 7.99. The van der Waals surface area contributed by atoms with Crippen molar-refractivity contribution in [2.75, 3.05) is 10.6 Å². The van der Waals surface area contributed by atoms with Crippen molar-refractivity contribution < 1.29 is 4.79 Å². The van der Waals surface area contributed by atoms with Gasteiger partial charge in [0.25, 0.3) is 5.91 Å². The minimum absolute atomic E-state index is 0.140. The number of hydrogen-bond acceptors (Lipinski definition) is 4. The summed E-state index contributed by atoms with van der Waals surface area (Å²) in [6.45, 7) is 0.584. The normalized spacial score (nSPS) is 12.9. The molecule has 5 heteroatoms. The molecule has 0 spiro atoms. The van der Waals surface area contributed by atoms with Crippen LogP contribution in [-0.2, 0) is 19.4 Å². The highest BCUT2D eigenvalue weighted by molar-refractivity contribution is 6.07. The third kappa shape index (κ3) is 3.97. The average Bonchev–Trinajstić information content (AvgIpc) is 2.73. The Bertz CT molecular complexity index is 940. The van der Waals surface area contributed by atoms with Crippen molar-refractivity contribution in [1.82, 2.24) is 9.97 Å². The molecule has 0 saturated heterocycles. The number of carbonyl (C=O) groups is 1. The second-order valence-corrected chi connectivity index (χ2v) is 6.71. The van der Waals surface area contributed by atoms with Gasteiger partial charge in [0.05, 0.1) is 5.56 Å². The van der Waals surface area contributed by atoms with E-state index in [-0.39, 0.29) is 5.91 Å². The fraction of sp³-hybridized carbons (Fsp3) is 0.227. The standard InChI is InChI=1S/C22H22N4O/c27-22(26-20-9-3-6-17-5-1-2-7-18(17)20)19-8-4-12-24-21(19)25-15-16-10-13-23-14-11-16/h3-4,6,8-14H,1-2,5,7,15H2,(H,24,25)(H,26,27). The van der Waals surface area contributed by atoms with Crippen molar-refractivity contribution >= 4 is 17.4 Å². The number of aryl methyl sites for hydroxylation is 1. The molecule has 3 aromatic rings. The van der Waals surface area contributed by atoms with E-state index >= 15 is 0 Å². The Labute approximate surface area is 158 Å². The fourth-order valence-electron chi connectivity index (χ4n) is 3.50. The predicted molar refractivity (Wildman–Crippen MR) is 107 cm³/mol. The number of aromatic nitrogens is 2. The lowest BCUT2D eigenvalue weighted by Gasteiger charge is -2.20. The molecule has 5 nitrogen and oxygen atoms in total. The van der Waals surface area contributed by atoms with Crippen LogP contribution < -0.4 is 10.6 Å². The molecule has 2 N–H and O–H groups in total. The van der Waals surface area contributed by atoms with Crippen LogP contribution in [0.25, 0.3) is 0 Å². The van der Waals surface area contributed by atoms with Gasteiger partial charge in [-0.2, -0.15) is 0 Å². The summed E-state index contributed by atoms with van der Waals surface area (Å²) in [5.74, 6) is 0.441. The Hall–Kier alpha value is -3.21. The lowest BCUT2D eigenvalue weighted by molar-refractivity contribution is 0.102. The zero-order valence-electron chi connectivity index (χ0n) is 15.1. The number of rotatable bonds is 5. The molecule has 0 atom stereocenters. The molecule has 1 aliphatic rings. The Morgan fingerprint density at radius 2 is 1.81 bits per heavy atom. The summed E-state index contributed by atoms with van der Waals surface area (Å²) in [7, 11) is 0. The average molecular weight is 358 g/mol. The molecule has 2 heterocycles. The number of hydrogen-bond donors (Lipinski definition) is 2. The van der Waals surface area contributed by atoms with Gasteiger partial charge in [0, 0.05) is 30.8 Å². The molecule has 1 amide bonds. The van der Waals surface area contributed by atoms with Gasteiger partial charge in [0.15, 0.2) is 0 Å². The molecule has 27 heavy (non-hydrogen) atoms. The molecule has 0 bridgehead atoms. The number of fused-ring (bicyclic) bond motifs is 1. The largest absolute Gasteiger partial charge is 0.365 e. The molecule has 0 radical (unpaired) electrons. The summed E-state index contributed by atoms with van der Waals surface area (Å²) in [4.78, 5) is 21.3. The van der Waals surface area contributed by atoms with E-state index in [2.05, 4.69) is 26.7 Å². The first-order chi connectivity index (χ1) is 13.3. The highest BCUT2D eigenvalue weighted by atomic mass is 16.1. The first-order valence-electron chi connectivity index (χ1n) is 9.31. The SMILES string of the molecule is O=C(Nc1cccc2c1CCCC2)c1cccnc1NCc1ccncc1. The molecule has 0 aliphatic heterocycles. The van der Waals surface area contributed by atoms with E-state index in [4.69, 9.17) is 0 Å². The minimum Gasteiger partial charge on any atom is -0.365 e. The Morgan fingerprint density at radius 3 is 2.70 bits per heavy atom. The van der Waals surface area contributed by atoms with Gasteiger partial charge in [-0.1, -0.05) is 12.1 Å². The molecule has 136 valence electrons. The third-order valence-electron chi connectivity index (χ3n) is 4.91. The molecule has 0 saturated carbocycles. The van der Waals surface area contributed by atoms with E-state index in [9.17, 15) is 4.79 Å². The van der Waals surface area contributed by atoms with Crippen LogP contribution >= 0.6 is 0 Å². The van der Waals surface area contributed by atoms with Crippen LogP contribution in [0.2, 0.25) is 0 Å². The monoisotopic (exact) mass is 358 g/mol. The smallest absolute Gasteiger partial charge is 0.259 e. The predicted octanol–water partition coefficient (Wildman–Crippen LogP) is 4.22. The molecule has 4 rings (SSSR count). The van der Waals surface area contributed by atoms with Crippen LogP contribution in [-0.4, -0.2) is 15.9 Å². The lowest BCUT2D eigenvalue weighted by atomic mass is 9.90. The maximum absolute atomic E-state index is 12.9. The van der Waals surface area contributed by atoms with Crippen LogP contribution in [0.4, 0.5) is 11.5 Å². The van der Waals surface area contributed by atoms with Crippen molar-refractivity contribution in [1.29, 1.82) is 0 Å². The summed E-state index contributed by atoms with van der Waals surface area (Å²) in [6.07, 6.45) is 9.69. The first kappa shape index (κ1) is 17.2. The number of nitrogens with zero attached hydrogens (tertiary/aromatic N) is 2. The van der Waals surface area contributed by atoms with E-state index in [1.165, 1.54) is 24.0 Å². The van der Waals surface area contributed by atoms with Gasteiger partial charge >= 0.3 is 0 Å². The van der Waals surface area contributed by atoms with Crippen LogP contribution in [0.3, 0.4) is 0 Å². The van der Waals surface area contributed by atoms with Crippen molar-refractivity contribution in [3.05, 3.63) is 83.3 Å². The zero-order valence-corrected chi connectivity index (χ0v) is 15.1. The molecule has 0 unspecified atom stereocenters. The van der Waals surface area contributed by atoms with E-state index in [1.807, 2.05) is 24.3 Å². The topological polar surface area (TPSA) is 66.9 Å². The Kier molecular flexibility index (Phi) is 5.10. The fourth-order valence-corrected chi connectivity index (χ4v) is 3.50. The number of nitrogens with one attached hydrogen (secondary N) is 2. The van der Waals surface area contributed by atoms with Gasteiger partial charge in [-0.3, -0.25) is 9.78 Å². The summed E-state index contributed by atoms with van der Waals surface area (Å²) in [5, 5.41) is 6.35. The summed E-state index contributed by atoms with van der Waals surface area (Å²) < 4.78 is 0. The van der Waals surface area contributed by atoms with Crippen molar-refractivity contribution in [2.24, 2.45) is 0 Å². The molecular formula is C22H22N4O. The molecule has 2 aromatic heterocycles. The van der Waals surface area contributed by atoms with Crippen molar-refractivity contribution in [2.45, 2.75) is 32.2 Å². The number of anilines is 2. The van der Waals surface area contributed by atoms with E-state index < -0.39 is 0 Å². The van der Waals surface area contributed by atoms with Crippen molar-refractivity contribution in [3.63, 3.8) is 0 Å². The lowest BCUT2D eigenvalue weighted by Crippen LogP contribution is -2.18. The minimum atomic E-state index is -0.140. The highest BCUT2D eigenvalue weighted by Crippen LogP contribution is 2.28. The van der Waals surface area contributed by atoms with Gasteiger partial charge in [-0.05, 0) is 72.7 Å². The van der Waals surface area contributed by atoms with Crippen LogP contribution in [0.1, 0.15) is 39.9 Å². The Morgan fingerprint density at radius 1 is 0.963 bits per heavy atom. The van der Waals surface area contributed by atoms with Gasteiger partial charge in [0.2, 0.25) is 0 Å². The molecule has 1 aromatic carbocycles. The Balaban J connectivity index is 1.53. The van der Waals surface area contributed by atoms with Crippen molar-refractivity contribution in [3.8, 4) is 0 Å². The van der Waals surface area contributed by atoms with Gasteiger partial charge < -0.3 is 10.6 Å².